The fourth-order valence-electron chi connectivity index (χ4n) is 2.80. The fraction of sp³-hybridized carbons (Fsp3) is 0.130. The summed E-state index contributed by atoms with van der Waals surface area (Å²) in [5.74, 6) is 0.120. The maximum absolute atomic E-state index is 12.3. The van der Waals surface area contributed by atoms with Crippen molar-refractivity contribution in [2.75, 3.05) is 17.1 Å². The molecule has 172 valence electrons. The summed E-state index contributed by atoms with van der Waals surface area (Å²) in [4.78, 5) is 12.3. The number of anilines is 1. The van der Waals surface area contributed by atoms with Crippen LogP contribution in [0.4, 0.5) is 5.69 Å². The fourth-order valence-corrected chi connectivity index (χ4v) is 4.22. The van der Waals surface area contributed by atoms with E-state index in [0.717, 1.165) is 25.3 Å². The third kappa shape index (κ3) is 8.02. The number of hydrogen-bond acceptors (Lipinski definition) is 5. The van der Waals surface area contributed by atoms with Crippen LogP contribution in [0.5, 0.6) is 5.75 Å². The number of benzene rings is 3. The molecular formula is C23H21ClIN3O4S. The molecule has 10 heteroatoms. The highest BCUT2D eigenvalue weighted by atomic mass is 127. The second-order valence-corrected chi connectivity index (χ2v) is 10.6. The van der Waals surface area contributed by atoms with E-state index in [2.05, 4.69) is 33.1 Å². The van der Waals surface area contributed by atoms with Crippen molar-refractivity contribution in [1.29, 1.82) is 0 Å². The van der Waals surface area contributed by atoms with Gasteiger partial charge < -0.3 is 4.74 Å². The average Bonchev–Trinajstić information content (AvgIpc) is 2.77. The van der Waals surface area contributed by atoms with Gasteiger partial charge >= 0.3 is 0 Å². The van der Waals surface area contributed by atoms with Crippen molar-refractivity contribution in [2.24, 2.45) is 5.10 Å². The maximum Gasteiger partial charge on any atom is 0.260 e. The van der Waals surface area contributed by atoms with Gasteiger partial charge in [0.15, 0.2) is 0 Å². The Morgan fingerprint density at radius 1 is 1.12 bits per heavy atom. The molecule has 3 aromatic rings. The molecular weight excluding hydrogens is 577 g/mol. The zero-order chi connectivity index (χ0) is 23.8. The smallest absolute Gasteiger partial charge is 0.260 e. The van der Waals surface area contributed by atoms with Crippen LogP contribution >= 0.6 is 34.2 Å². The molecule has 0 unspecified atom stereocenters. The van der Waals surface area contributed by atoms with Gasteiger partial charge in [-0.25, -0.2) is 13.8 Å². The lowest BCUT2D eigenvalue weighted by atomic mass is 10.2. The second-order valence-electron chi connectivity index (χ2n) is 7.03. The Morgan fingerprint density at radius 3 is 2.45 bits per heavy atom. The first kappa shape index (κ1) is 25.0. The number of ether oxygens (including phenoxy) is 1. The van der Waals surface area contributed by atoms with Crippen LogP contribution in [0.25, 0.3) is 0 Å². The Morgan fingerprint density at radius 2 is 1.82 bits per heavy atom. The van der Waals surface area contributed by atoms with Crippen molar-refractivity contribution >= 4 is 62.0 Å². The number of nitrogens with zero attached hydrogens (tertiary/aromatic N) is 2. The van der Waals surface area contributed by atoms with E-state index in [9.17, 15) is 13.2 Å². The van der Waals surface area contributed by atoms with Crippen LogP contribution in [0, 0.1) is 3.57 Å². The van der Waals surface area contributed by atoms with Gasteiger partial charge in [0.05, 0.1) is 18.2 Å². The predicted molar refractivity (Wildman–Crippen MR) is 139 cm³/mol. The minimum Gasteiger partial charge on any atom is -0.489 e. The molecule has 0 heterocycles. The molecule has 0 saturated heterocycles. The summed E-state index contributed by atoms with van der Waals surface area (Å²) in [5.41, 5.74) is 4.47. The van der Waals surface area contributed by atoms with Crippen LogP contribution in [0.2, 0.25) is 5.02 Å². The normalized spacial score (nSPS) is 11.4. The van der Waals surface area contributed by atoms with Gasteiger partial charge in [-0.05, 0) is 94.4 Å². The molecule has 0 aliphatic carbocycles. The van der Waals surface area contributed by atoms with E-state index >= 15 is 0 Å². The van der Waals surface area contributed by atoms with E-state index in [1.54, 1.807) is 54.6 Å². The second kappa shape index (κ2) is 11.5. The molecule has 0 aromatic heterocycles. The highest BCUT2D eigenvalue weighted by molar-refractivity contribution is 14.1. The molecule has 0 bridgehead atoms. The predicted octanol–water partition coefficient (Wildman–Crippen LogP) is 4.44. The Bertz CT molecular complexity index is 1230. The number of hydrogen-bond donors (Lipinski definition) is 1. The number of sulfonamides is 1. The van der Waals surface area contributed by atoms with Crippen molar-refractivity contribution < 1.29 is 17.9 Å². The summed E-state index contributed by atoms with van der Waals surface area (Å²) in [6, 6.07) is 21.4. The Labute approximate surface area is 211 Å². The molecule has 3 rings (SSSR count). The lowest BCUT2D eigenvalue weighted by Gasteiger charge is -2.21. The molecule has 1 amide bonds. The average molecular weight is 598 g/mol. The monoisotopic (exact) mass is 597 g/mol. The van der Waals surface area contributed by atoms with E-state index in [1.165, 1.54) is 6.21 Å². The van der Waals surface area contributed by atoms with Gasteiger partial charge in [0.2, 0.25) is 10.0 Å². The Balaban J connectivity index is 1.54. The minimum atomic E-state index is -3.64. The number of hydrazone groups is 1. The van der Waals surface area contributed by atoms with Gasteiger partial charge in [-0.2, -0.15) is 5.10 Å². The molecule has 0 fully saturated rings. The highest BCUT2D eigenvalue weighted by Crippen LogP contribution is 2.19. The molecule has 0 aliphatic heterocycles. The minimum absolute atomic E-state index is 0.382. The van der Waals surface area contributed by atoms with Crippen LogP contribution in [0.1, 0.15) is 11.1 Å². The number of carbonyl (C=O) groups excluding carboxylic acids is 1. The largest absolute Gasteiger partial charge is 0.489 e. The quantitative estimate of drug-likeness (QED) is 0.225. The number of amides is 1. The molecule has 0 radical (unpaired) electrons. The van der Waals surface area contributed by atoms with Crippen molar-refractivity contribution in [2.45, 2.75) is 6.61 Å². The first-order valence-corrected chi connectivity index (χ1v) is 13.0. The van der Waals surface area contributed by atoms with E-state index in [0.29, 0.717) is 23.1 Å². The summed E-state index contributed by atoms with van der Waals surface area (Å²) in [7, 11) is -3.64. The molecule has 7 nitrogen and oxygen atoms in total. The highest BCUT2D eigenvalue weighted by Gasteiger charge is 2.20. The summed E-state index contributed by atoms with van der Waals surface area (Å²) < 4.78 is 32.0. The standard InChI is InChI=1S/C23H21ClIN3O4S/c1-33(30,31)28(21-9-7-20(25)8-10-21)15-23(29)27-26-14-17-5-11-22(12-6-17)32-16-18-3-2-4-19(24)13-18/h2-14H,15-16H2,1H3,(H,27,29)/b26-14-. The van der Waals surface area contributed by atoms with Gasteiger partial charge in [0.25, 0.3) is 5.91 Å². The summed E-state index contributed by atoms with van der Waals surface area (Å²) in [5, 5.41) is 4.57. The van der Waals surface area contributed by atoms with E-state index in [4.69, 9.17) is 16.3 Å². The van der Waals surface area contributed by atoms with Gasteiger partial charge in [-0.15, -0.1) is 0 Å². The van der Waals surface area contributed by atoms with Gasteiger partial charge in [-0.1, -0.05) is 23.7 Å². The van der Waals surface area contributed by atoms with Gasteiger partial charge in [-0.3, -0.25) is 9.10 Å². The lowest BCUT2D eigenvalue weighted by Crippen LogP contribution is -2.39. The molecule has 0 saturated carbocycles. The summed E-state index contributed by atoms with van der Waals surface area (Å²) >= 11 is 8.09. The number of carbonyl (C=O) groups is 1. The topological polar surface area (TPSA) is 88.1 Å². The van der Waals surface area contributed by atoms with Crippen LogP contribution in [-0.2, 0) is 21.4 Å². The third-order valence-corrected chi connectivity index (χ3v) is 6.47. The number of halogens is 2. The number of nitrogens with one attached hydrogen (secondary N) is 1. The lowest BCUT2D eigenvalue weighted by molar-refractivity contribution is -0.119. The molecule has 0 spiro atoms. The van der Waals surface area contributed by atoms with Crippen molar-refractivity contribution in [3.05, 3.63) is 92.5 Å². The molecule has 1 N–H and O–H groups in total. The summed E-state index contributed by atoms with van der Waals surface area (Å²) in [6.45, 7) is 0.00843. The molecule has 33 heavy (non-hydrogen) atoms. The SMILES string of the molecule is CS(=O)(=O)N(CC(=O)N/N=C\c1ccc(OCc2cccc(Cl)c2)cc1)c1ccc(I)cc1. The van der Waals surface area contributed by atoms with Gasteiger partial charge in [0, 0.05) is 8.59 Å². The maximum atomic E-state index is 12.3. The number of rotatable bonds is 9. The van der Waals surface area contributed by atoms with E-state index in [1.807, 2.05) is 18.2 Å². The van der Waals surface area contributed by atoms with Crippen molar-refractivity contribution in [3.8, 4) is 5.75 Å². The molecule has 0 atom stereocenters. The van der Waals surface area contributed by atoms with Crippen LogP contribution in [-0.4, -0.2) is 33.3 Å². The zero-order valence-electron chi connectivity index (χ0n) is 17.6. The molecule has 3 aromatic carbocycles. The Hall–Kier alpha value is -2.63. The third-order valence-electron chi connectivity index (χ3n) is 4.38. The van der Waals surface area contributed by atoms with Gasteiger partial charge in [0.1, 0.15) is 18.9 Å². The first-order valence-electron chi connectivity index (χ1n) is 9.73. The Kier molecular flexibility index (Phi) is 8.70. The summed E-state index contributed by atoms with van der Waals surface area (Å²) in [6.07, 6.45) is 2.52. The first-order chi connectivity index (χ1) is 15.7. The van der Waals surface area contributed by atoms with Crippen LogP contribution in [0.15, 0.2) is 77.9 Å². The molecule has 0 aliphatic rings. The van der Waals surface area contributed by atoms with E-state index < -0.39 is 15.9 Å². The zero-order valence-corrected chi connectivity index (χ0v) is 21.3. The van der Waals surface area contributed by atoms with Crippen molar-refractivity contribution in [1.82, 2.24) is 5.43 Å². The van der Waals surface area contributed by atoms with Crippen molar-refractivity contribution in [3.63, 3.8) is 0 Å². The van der Waals surface area contributed by atoms with Crippen LogP contribution in [0.3, 0.4) is 0 Å². The van der Waals surface area contributed by atoms with Crippen LogP contribution < -0.4 is 14.5 Å². The van der Waals surface area contributed by atoms with E-state index in [-0.39, 0.29) is 6.54 Å².